The van der Waals surface area contributed by atoms with Crippen LogP contribution in [0, 0.1) is 24.2 Å². The summed E-state index contributed by atoms with van der Waals surface area (Å²) in [6.07, 6.45) is 2.20. The van der Waals surface area contributed by atoms with Crippen molar-refractivity contribution in [2.75, 3.05) is 18.5 Å². The molecule has 0 spiro atoms. The van der Waals surface area contributed by atoms with Crippen LogP contribution >= 0.6 is 0 Å². The fourth-order valence-electron chi connectivity index (χ4n) is 2.45. The van der Waals surface area contributed by atoms with Crippen LogP contribution in [0.25, 0.3) is 0 Å². The van der Waals surface area contributed by atoms with E-state index >= 15 is 0 Å². The summed E-state index contributed by atoms with van der Waals surface area (Å²) in [5, 5.41) is 12.6. The van der Waals surface area contributed by atoms with E-state index < -0.39 is 0 Å². The number of nitrogens with zero attached hydrogens (tertiary/aromatic N) is 1. The van der Waals surface area contributed by atoms with Gasteiger partial charge in [0.15, 0.2) is 0 Å². The minimum Gasteiger partial charge on any atom is -0.381 e. The molecule has 1 aliphatic heterocycles. The van der Waals surface area contributed by atoms with Crippen LogP contribution in [0.1, 0.15) is 30.9 Å². The summed E-state index contributed by atoms with van der Waals surface area (Å²) in [6, 6.07) is 8.53. The zero-order chi connectivity index (χ0) is 13.0. The maximum absolute atomic E-state index is 9.12. The summed E-state index contributed by atoms with van der Waals surface area (Å²) in [5.41, 5.74) is 2.85. The Balaban J connectivity index is 2.08. The lowest BCUT2D eigenvalue weighted by Gasteiger charge is -2.29. The SMILES string of the molecule is Cc1ccc(C#N)c(NC(C)C2CCOCC2)c1. The van der Waals surface area contributed by atoms with Crippen molar-refractivity contribution in [2.45, 2.75) is 32.7 Å². The van der Waals surface area contributed by atoms with Gasteiger partial charge in [0.2, 0.25) is 0 Å². The lowest BCUT2D eigenvalue weighted by Crippen LogP contribution is -2.31. The Morgan fingerprint density at radius 1 is 1.39 bits per heavy atom. The van der Waals surface area contributed by atoms with Crippen LogP contribution in [0.15, 0.2) is 18.2 Å². The van der Waals surface area contributed by atoms with Crippen LogP contribution in [0.2, 0.25) is 0 Å². The number of ether oxygens (including phenoxy) is 1. The van der Waals surface area contributed by atoms with Gasteiger partial charge in [0.25, 0.3) is 0 Å². The summed E-state index contributed by atoms with van der Waals surface area (Å²) >= 11 is 0. The number of hydrogen-bond donors (Lipinski definition) is 1. The highest BCUT2D eigenvalue weighted by Gasteiger charge is 2.20. The zero-order valence-corrected chi connectivity index (χ0v) is 11.1. The first-order valence-electron chi connectivity index (χ1n) is 6.55. The van der Waals surface area contributed by atoms with Gasteiger partial charge < -0.3 is 10.1 Å². The maximum Gasteiger partial charge on any atom is 0.101 e. The van der Waals surface area contributed by atoms with Gasteiger partial charge >= 0.3 is 0 Å². The molecule has 0 radical (unpaired) electrons. The van der Waals surface area contributed by atoms with Crippen LogP contribution in [-0.4, -0.2) is 19.3 Å². The van der Waals surface area contributed by atoms with Crippen LogP contribution in [0.3, 0.4) is 0 Å². The van der Waals surface area contributed by atoms with Crippen LogP contribution in [0.5, 0.6) is 0 Å². The Morgan fingerprint density at radius 2 is 2.11 bits per heavy atom. The van der Waals surface area contributed by atoms with Gasteiger partial charge in [0, 0.05) is 19.3 Å². The molecular formula is C15H20N2O. The lowest BCUT2D eigenvalue weighted by molar-refractivity contribution is 0.0622. The molecule has 1 heterocycles. The second-order valence-corrected chi connectivity index (χ2v) is 5.04. The first-order chi connectivity index (χ1) is 8.70. The van der Waals surface area contributed by atoms with Crippen molar-refractivity contribution in [2.24, 2.45) is 5.92 Å². The van der Waals surface area contributed by atoms with Crippen LogP contribution in [-0.2, 0) is 4.74 Å². The molecular weight excluding hydrogens is 224 g/mol. The number of nitrogens with one attached hydrogen (secondary N) is 1. The van der Waals surface area contributed by atoms with E-state index in [1.54, 1.807) is 0 Å². The number of rotatable bonds is 3. The molecule has 1 atom stereocenters. The largest absolute Gasteiger partial charge is 0.381 e. The molecule has 1 aromatic carbocycles. The predicted molar refractivity (Wildman–Crippen MR) is 72.5 cm³/mol. The molecule has 2 rings (SSSR count). The third-order valence-electron chi connectivity index (χ3n) is 3.65. The normalized spacial score (nSPS) is 18.1. The van der Waals surface area contributed by atoms with Crippen molar-refractivity contribution < 1.29 is 4.74 Å². The molecule has 1 aliphatic rings. The highest BCUT2D eigenvalue weighted by Crippen LogP contribution is 2.24. The van der Waals surface area contributed by atoms with Gasteiger partial charge in [-0.05, 0) is 50.3 Å². The number of nitriles is 1. The minimum atomic E-state index is 0.378. The molecule has 1 fully saturated rings. The Kier molecular flexibility index (Phi) is 4.22. The lowest BCUT2D eigenvalue weighted by atomic mass is 9.92. The van der Waals surface area contributed by atoms with E-state index in [-0.39, 0.29) is 0 Å². The molecule has 1 aromatic rings. The van der Waals surface area contributed by atoms with Crippen LogP contribution in [0.4, 0.5) is 5.69 Å². The van der Waals surface area contributed by atoms with E-state index in [2.05, 4.69) is 18.3 Å². The van der Waals surface area contributed by atoms with Crippen molar-refractivity contribution in [3.8, 4) is 6.07 Å². The maximum atomic E-state index is 9.12. The average molecular weight is 244 g/mol. The van der Waals surface area contributed by atoms with Crippen molar-refractivity contribution >= 4 is 5.69 Å². The molecule has 1 unspecified atom stereocenters. The minimum absolute atomic E-state index is 0.378. The van der Waals surface area contributed by atoms with E-state index in [4.69, 9.17) is 10.00 Å². The monoisotopic (exact) mass is 244 g/mol. The molecule has 1 saturated heterocycles. The Labute approximate surface area is 109 Å². The van der Waals surface area contributed by atoms with Crippen molar-refractivity contribution in [1.82, 2.24) is 0 Å². The van der Waals surface area contributed by atoms with E-state index in [1.807, 2.05) is 25.1 Å². The van der Waals surface area contributed by atoms with Gasteiger partial charge in [-0.1, -0.05) is 6.07 Å². The van der Waals surface area contributed by atoms with Crippen LogP contribution < -0.4 is 5.32 Å². The summed E-state index contributed by atoms with van der Waals surface area (Å²) in [6.45, 7) is 5.95. The molecule has 0 aromatic heterocycles. The number of benzene rings is 1. The third-order valence-corrected chi connectivity index (χ3v) is 3.65. The molecule has 96 valence electrons. The quantitative estimate of drug-likeness (QED) is 0.888. The molecule has 0 bridgehead atoms. The van der Waals surface area contributed by atoms with E-state index in [0.717, 1.165) is 37.3 Å². The smallest absolute Gasteiger partial charge is 0.101 e. The van der Waals surface area contributed by atoms with Crippen molar-refractivity contribution in [3.63, 3.8) is 0 Å². The topological polar surface area (TPSA) is 45.0 Å². The molecule has 1 N–H and O–H groups in total. The predicted octanol–water partition coefficient (Wildman–Crippen LogP) is 3.09. The summed E-state index contributed by atoms with van der Waals surface area (Å²) in [7, 11) is 0. The first kappa shape index (κ1) is 12.9. The van der Waals surface area contributed by atoms with Gasteiger partial charge in [0.1, 0.15) is 6.07 Å². The Bertz CT molecular complexity index is 444. The summed E-state index contributed by atoms with van der Waals surface area (Å²) in [5.74, 6) is 0.630. The molecule has 0 saturated carbocycles. The van der Waals surface area contributed by atoms with Gasteiger partial charge in [-0.2, -0.15) is 5.26 Å². The van der Waals surface area contributed by atoms with Gasteiger partial charge in [-0.15, -0.1) is 0 Å². The number of anilines is 1. The summed E-state index contributed by atoms with van der Waals surface area (Å²) in [4.78, 5) is 0. The molecule has 0 amide bonds. The van der Waals surface area contributed by atoms with E-state index in [9.17, 15) is 0 Å². The Morgan fingerprint density at radius 3 is 2.78 bits per heavy atom. The fraction of sp³-hybridized carbons (Fsp3) is 0.533. The highest BCUT2D eigenvalue weighted by molar-refractivity contribution is 5.59. The van der Waals surface area contributed by atoms with Gasteiger partial charge in [-0.25, -0.2) is 0 Å². The second kappa shape index (κ2) is 5.88. The van der Waals surface area contributed by atoms with Crippen molar-refractivity contribution in [1.29, 1.82) is 5.26 Å². The fourth-order valence-corrected chi connectivity index (χ4v) is 2.45. The molecule has 18 heavy (non-hydrogen) atoms. The molecule has 3 heteroatoms. The molecule has 0 aliphatic carbocycles. The highest BCUT2D eigenvalue weighted by atomic mass is 16.5. The number of hydrogen-bond acceptors (Lipinski definition) is 3. The number of aryl methyl sites for hydroxylation is 1. The second-order valence-electron chi connectivity index (χ2n) is 5.04. The Hall–Kier alpha value is -1.53. The van der Waals surface area contributed by atoms with Gasteiger partial charge in [-0.3, -0.25) is 0 Å². The van der Waals surface area contributed by atoms with E-state index in [1.165, 1.54) is 5.56 Å². The zero-order valence-electron chi connectivity index (χ0n) is 11.1. The summed E-state index contributed by atoms with van der Waals surface area (Å²) < 4.78 is 5.38. The third kappa shape index (κ3) is 3.02. The van der Waals surface area contributed by atoms with E-state index in [0.29, 0.717) is 12.0 Å². The molecule has 3 nitrogen and oxygen atoms in total. The van der Waals surface area contributed by atoms with Crippen molar-refractivity contribution in [3.05, 3.63) is 29.3 Å². The van der Waals surface area contributed by atoms with Gasteiger partial charge in [0.05, 0.1) is 11.3 Å². The average Bonchev–Trinajstić information content (AvgIpc) is 2.40. The first-order valence-corrected chi connectivity index (χ1v) is 6.55. The standard InChI is InChI=1S/C15H20N2O/c1-11-3-4-14(10-16)15(9-11)17-12(2)13-5-7-18-8-6-13/h3-4,9,12-13,17H,5-8H2,1-2H3.